The molecule has 0 radical (unpaired) electrons. The maximum absolute atomic E-state index is 12.8. The summed E-state index contributed by atoms with van der Waals surface area (Å²) in [6.45, 7) is 3.91. The topological polar surface area (TPSA) is 42.7 Å². The Morgan fingerprint density at radius 1 is 1.17 bits per heavy atom. The predicted molar refractivity (Wildman–Crippen MR) is 94.5 cm³/mol. The average molecular weight is 323 g/mol. The van der Waals surface area contributed by atoms with Crippen molar-refractivity contribution in [3.05, 3.63) is 65.4 Å². The zero-order chi connectivity index (χ0) is 17.3. The first-order chi connectivity index (χ1) is 11.5. The van der Waals surface area contributed by atoms with E-state index in [1.54, 1.807) is 25.1 Å². The molecule has 0 fully saturated rings. The fraction of sp³-hybridized carbons (Fsp3) is 0.250. The summed E-state index contributed by atoms with van der Waals surface area (Å²) in [6, 6.07) is 15.2. The van der Waals surface area contributed by atoms with E-state index in [0.29, 0.717) is 11.3 Å². The summed E-state index contributed by atoms with van der Waals surface area (Å²) in [5, 5.41) is 1.04. The second-order valence-corrected chi connectivity index (χ2v) is 5.96. The minimum absolute atomic E-state index is 0.0683. The predicted octanol–water partition coefficient (Wildman–Crippen LogP) is 4.58. The molecule has 0 bridgehead atoms. The van der Waals surface area contributed by atoms with Gasteiger partial charge in [0.15, 0.2) is 0 Å². The molecule has 0 aliphatic rings. The van der Waals surface area contributed by atoms with Gasteiger partial charge in [0.1, 0.15) is 17.1 Å². The Morgan fingerprint density at radius 2 is 1.92 bits per heavy atom. The summed E-state index contributed by atoms with van der Waals surface area (Å²) in [5.41, 5.74) is 2.43. The van der Waals surface area contributed by atoms with Crippen LogP contribution in [-0.2, 0) is 0 Å². The van der Waals surface area contributed by atoms with Crippen molar-refractivity contribution < 1.29 is 13.9 Å². The van der Waals surface area contributed by atoms with E-state index in [4.69, 9.17) is 9.15 Å². The number of ether oxygens (including phenoxy) is 1. The van der Waals surface area contributed by atoms with Crippen LogP contribution in [0.4, 0.5) is 0 Å². The van der Waals surface area contributed by atoms with Gasteiger partial charge in [-0.05, 0) is 43.7 Å². The molecule has 1 atom stereocenters. The average Bonchev–Trinajstić information content (AvgIpc) is 3.04. The number of aryl methyl sites for hydroxylation is 1. The monoisotopic (exact) mass is 323 g/mol. The Kier molecular flexibility index (Phi) is 4.30. The van der Waals surface area contributed by atoms with E-state index in [9.17, 15) is 4.79 Å². The number of nitrogens with zero attached hydrogens (tertiary/aromatic N) is 1. The van der Waals surface area contributed by atoms with Crippen molar-refractivity contribution in [2.75, 3.05) is 14.2 Å². The number of rotatable bonds is 4. The molecular weight excluding hydrogens is 302 g/mol. The van der Waals surface area contributed by atoms with E-state index in [-0.39, 0.29) is 11.9 Å². The van der Waals surface area contributed by atoms with Crippen LogP contribution in [0.15, 0.2) is 52.9 Å². The number of amides is 1. The van der Waals surface area contributed by atoms with E-state index in [2.05, 4.69) is 0 Å². The van der Waals surface area contributed by atoms with Gasteiger partial charge in [-0.15, -0.1) is 0 Å². The highest BCUT2D eigenvalue weighted by molar-refractivity contribution is 5.95. The van der Waals surface area contributed by atoms with Gasteiger partial charge in [0.05, 0.1) is 13.2 Å². The van der Waals surface area contributed by atoms with Crippen LogP contribution in [0.25, 0.3) is 11.0 Å². The summed E-state index contributed by atoms with van der Waals surface area (Å²) in [5.74, 6) is 1.41. The molecule has 24 heavy (non-hydrogen) atoms. The van der Waals surface area contributed by atoms with Gasteiger partial charge >= 0.3 is 0 Å². The van der Waals surface area contributed by atoms with Crippen LogP contribution >= 0.6 is 0 Å². The molecule has 1 heterocycles. The van der Waals surface area contributed by atoms with Gasteiger partial charge in [-0.1, -0.05) is 24.3 Å². The summed E-state index contributed by atoms with van der Waals surface area (Å²) in [7, 11) is 3.39. The molecule has 0 aliphatic carbocycles. The third-order valence-corrected chi connectivity index (χ3v) is 4.41. The zero-order valence-corrected chi connectivity index (χ0v) is 14.4. The van der Waals surface area contributed by atoms with E-state index >= 15 is 0 Å². The van der Waals surface area contributed by atoms with Crippen molar-refractivity contribution in [2.24, 2.45) is 0 Å². The molecule has 4 heteroatoms. The van der Waals surface area contributed by atoms with E-state index in [1.807, 2.05) is 56.3 Å². The van der Waals surface area contributed by atoms with Crippen LogP contribution in [0.5, 0.6) is 5.75 Å². The molecule has 2 aromatic carbocycles. The molecule has 4 nitrogen and oxygen atoms in total. The van der Waals surface area contributed by atoms with E-state index in [0.717, 1.165) is 22.3 Å². The summed E-state index contributed by atoms with van der Waals surface area (Å²) in [4.78, 5) is 14.5. The Hall–Kier alpha value is -2.75. The van der Waals surface area contributed by atoms with Crippen LogP contribution < -0.4 is 4.74 Å². The minimum atomic E-state index is -0.169. The second kappa shape index (κ2) is 6.40. The van der Waals surface area contributed by atoms with Gasteiger partial charge in [-0.2, -0.15) is 0 Å². The van der Waals surface area contributed by atoms with Crippen molar-refractivity contribution in [3.63, 3.8) is 0 Å². The Balaban J connectivity index is 1.86. The Bertz CT molecular complexity index is 848. The number of hydrogen-bond donors (Lipinski definition) is 0. The summed E-state index contributed by atoms with van der Waals surface area (Å²) in [6.07, 6.45) is 0. The minimum Gasteiger partial charge on any atom is -0.496 e. The first-order valence-corrected chi connectivity index (χ1v) is 7.91. The van der Waals surface area contributed by atoms with Gasteiger partial charge < -0.3 is 14.1 Å². The van der Waals surface area contributed by atoms with Gasteiger partial charge in [0.2, 0.25) is 0 Å². The Labute approximate surface area is 141 Å². The van der Waals surface area contributed by atoms with E-state index < -0.39 is 0 Å². The van der Waals surface area contributed by atoms with Gasteiger partial charge in [-0.3, -0.25) is 4.79 Å². The molecule has 1 aromatic heterocycles. The summed E-state index contributed by atoms with van der Waals surface area (Å²) < 4.78 is 11.2. The fourth-order valence-electron chi connectivity index (χ4n) is 2.73. The van der Waals surface area contributed by atoms with Crippen LogP contribution in [0.3, 0.4) is 0 Å². The molecular formula is C20H21NO3. The highest BCUT2D eigenvalue weighted by Gasteiger charge is 2.22. The lowest BCUT2D eigenvalue weighted by Crippen LogP contribution is -2.29. The van der Waals surface area contributed by atoms with Crippen molar-refractivity contribution in [1.82, 2.24) is 4.90 Å². The smallest absolute Gasteiger partial charge is 0.254 e. The lowest BCUT2D eigenvalue weighted by molar-refractivity contribution is 0.0727. The van der Waals surface area contributed by atoms with Crippen LogP contribution in [0.2, 0.25) is 0 Å². The van der Waals surface area contributed by atoms with Crippen molar-refractivity contribution in [2.45, 2.75) is 19.9 Å². The van der Waals surface area contributed by atoms with Gasteiger partial charge in [-0.25, -0.2) is 0 Å². The van der Waals surface area contributed by atoms with Crippen LogP contribution in [0.1, 0.15) is 34.6 Å². The molecule has 3 rings (SSSR count). The molecule has 0 saturated carbocycles. The quantitative estimate of drug-likeness (QED) is 0.705. The molecule has 1 amide bonds. The van der Waals surface area contributed by atoms with Crippen LogP contribution in [-0.4, -0.2) is 25.0 Å². The first kappa shape index (κ1) is 16.1. The number of carbonyl (C=O) groups is 1. The number of para-hydroxylation sites is 1. The van der Waals surface area contributed by atoms with Crippen LogP contribution in [0, 0.1) is 6.92 Å². The third-order valence-electron chi connectivity index (χ3n) is 4.41. The fourth-order valence-corrected chi connectivity index (χ4v) is 2.73. The summed E-state index contributed by atoms with van der Waals surface area (Å²) >= 11 is 0. The molecule has 0 saturated heterocycles. The Morgan fingerprint density at radius 3 is 2.62 bits per heavy atom. The third kappa shape index (κ3) is 2.87. The van der Waals surface area contributed by atoms with Crippen molar-refractivity contribution in [3.8, 4) is 5.75 Å². The number of furan rings is 1. The number of hydrogen-bond acceptors (Lipinski definition) is 3. The molecule has 3 aromatic rings. The largest absolute Gasteiger partial charge is 0.496 e. The molecule has 0 N–H and O–H groups in total. The number of methoxy groups -OCH3 is 1. The number of benzene rings is 2. The highest BCUT2D eigenvalue weighted by atomic mass is 16.5. The SMILES string of the molecule is COc1cc(C(=O)N(C)C(C)c2cc3ccccc3o2)ccc1C. The lowest BCUT2D eigenvalue weighted by Gasteiger charge is -2.23. The second-order valence-electron chi connectivity index (χ2n) is 5.96. The highest BCUT2D eigenvalue weighted by Crippen LogP contribution is 2.28. The standard InChI is InChI=1S/C20H21NO3/c1-13-9-10-16(12-18(13)23-4)20(22)21(3)14(2)19-11-15-7-5-6-8-17(15)24-19/h5-12,14H,1-4H3. The molecule has 0 spiro atoms. The number of carbonyl (C=O) groups excluding carboxylic acids is 1. The first-order valence-electron chi connectivity index (χ1n) is 7.91. The lowest BCUT2D eigenvalue weighted by atomic mass is 10.1. The van der Waals surface area contributed by atoms with Gasteiger partial charge in [0.25, 0.3) is 5.91 Å². The van der Waals surface area contributed by atoms with Crippen molar-refractivity contribution >= 4 is 16.9 Å². The molecule has 124 valence electrons. The number of fused-ring (bicyclic) bond motifs is 1. The molecule has 0 aliphatic heterocycles. The van der Waals surface area contributed by atoms with Crippen molar-refractivity contribution in [1.29, 1.82) is 0 Å². The zero-order valence-electron chi connectivity index (χ0n) is 14.4. The maximum Gasteiger partial charge on any atom is 0.254 e. The maximum atomic E-state index is 12.8. The van der Waals surface area contributed by atoms with E-state index in [1.165, 1.54) is 0 Å². The molecule has 1 unspecified atom stereocenters. The normalized spacial score (nSPS) is 12.2. The van der Waals surface area contributed by atoms with Gasteiger partial charge in [0, 0.05) is 18.0 Å².